The van der Waals surface area contributed by atoms with Gasteiger partial charge in [-0.15, -0.1) is 34.8 Å². The van der Waals surface area contributed by atoms with Gasteiger partial charge in [-0.25, -0.2) is 0 Å². The SMILES string of the molecule is Cc1ccc(C2CCS2)cn1.Cc1ccc(CCl)cn1.Cc1ccc(CSC(=N)N)cn1.Cc1ccc(CSCCCl)cn1.ClCCBr.[HH]. The van der Waals surface area contributed by atoms with Gasteiger partial charge in [-0.1, -0.05) is 52.0 Å². The number of nitrogens with zero attached hydrogens (tertiary/aromatic N) is 4. The zero-order valence-electron chi connectivity index (χ0n) is 28.0. The lowest BCUT2D eigenvalue weighted by atomic mass is 10.1. The number of thioether (sulfide) groups is 3. The van der Waals surface area contributed by atoms with Crippen LogP contribution in [0.2, 0.25) is 0 Å². The van der Waals surface area contributed by atoms with Crippen molar-refractivity contribution in [1.29, 1.82) is 5.41 Å². The third-order valence-corrected chi connectivity index (χ3v) is 11.0. The van der Waals surface area contributed by atoms with E-state index in [9.17, 15) is 0 Å². The number of nitrogens with two attached hydrogens (primary N) is 1. The minimum atomic E-state index is 0. The average molecular weight is 835 g/mol. The Morgan fingerprint density at radius 2 is 1.25 bits per heavy atom. The minimum absolute atomic E-state index is 0. The predicted molar refractivity (Wildman–Crippen MR) is 222 cm³/mol. The molecule has 1 unspecified atom stereocenters. The van der Waals surface area contributed by atoms with E-state index in [1.807, 2.05) is 100 Å². The molecule has 0 aliphatic carbocycles. The Morgan fingerprint density at radius 3 is 1.58 bits per heavy atom. The number of amidine groups is 1. The molecule has 0 radical (unpaired) electrons. The van der Waals surface area contributed by atoms with E-state index in [0.29, 0.717) is 11.8 Å². The molecular weight excluding hydrogens is 787 g/mol. The molecule has 6 nitrogen and oxygen atoms in total. The molecule has 1 saturated heterocycles. The Hall–Kier alpha value is -1.53. The second-order valence-electron chi connectivity index (χ2n) is 10.2. The van der Waals surface area contributed by atoms with Crippen LogP contribution in [0.1, 0.15) is 58.1 Å². The summed E-state index contributed by atoms with van der Waals surface area (Å²) in [4.78, 5) is 16.7. The van der Waals surface area contributed by atoms with Gasteiger partial charge in [-0.05, 0) is 86.4 Å². The van der Waals surface area contributed by atoms with Crippen LogP contribution in [-0.2, 0) is 17.4 Å². The van der Waals surface area contributed by atoms with Gasteiger partial charge in [-0.2, -0.15) is 23.5 Å². The van der Waals surface area contributed by atoms with Gasteiger partial charge in [0.2, 0.25) is 0 Å². The van der Waals surface area contributed by atoms with Crippen LogP contribution in [0.4, 0.5) is 0 Å². The summed E-state index contributed by atoms with van der Waals surface area (Å²) in [7, 11) is 0. The van der Waals surface area contributed by atoms with Gasteiger partial charge in [0.1, 0.15) is 0 Å². The van der Waals surface area contributed by atoms with Gasteiger partial charge in [-0.3, -0.25) is 25.3 Å². The molecule has 0 amide bonds. The van der Waals surface area contributed by atoms with E-state index in [4.69, 9.17) is 45.9 Å². The maximum absolute atomic E-state index is 7.01. The van der Waals surface area contributed by atoms with Crippen molar-refractivity contribution < 1.29 is 1.43 Å². The summed E-state index contributed by atoms with van der Waals surface area (Å²) in [5, 5.41) is 8.79. The third kappa shape index (κ3) is 22.2. The average Bonchev–Trinajstić information content (AvgIpc) is 3.07. The minimum Gasteiger partial charge on any atom is -0.379 e. The largest absolute Gasteiger partial charge is 0.379 e. The molecule has 1 aliphatic rings. The number of aromatic nitrogens is 4. The van der Waals surface area contributed by atoms with E-state index >= 15 is 0 Å². The molecule has 0 bridgehead atoms. The van der Waals surface area contributed by atoms with Crippen molar-refractivity contribution in [3.8, 4) is 0 Å². The van der Waals surface area contributed by atoms with Crippen molar-refractivity contribution >= 4 is 91.2 Å². The molecule has 4 aromatic heterocycles. The fourth-order valence-electron chi connectivity index (χ4n) is 3.32. The zero-order chi connectivity index (χ0) is 35.6. The first-order valence-corrected chi connectivity index (χ1v) is 21.1. The van der Waals surface area contributed by atoms with Crippen LogP contribution in [0, 0.1) is 33.1 Å². The predicted octanol–water partition coefficient (Wildman–Crippen LogP) is 10.9. The molecule has 4 aromatic rings. The highest BCUT2D eigenvalue weighted by Crippen LogP contribution is 2.41. The number of aryl methyl sites for hydroxylation is 4. The van der Waals surface area contributed by atoms with Crippen molar-refractivity contribution in [1.82, 2.24) is 19.9 Å². The number of halogens is 4. The van der Waals surface area contributed by atoms with Gasteiger partial charge >= 0.3 is 0 Å². The molecule has 0 aromatic carbocycles. The van der Waals surface area contributed by atoms with E-state index in [1.165, 1.54) is 35.1 Å². The van der Waals surface area contributed by atoms with Crippen LogP contribution >= 0.6 is 86.0 Å². The van der Waals surface area contributed by atoms with Gasteiger partial charge < -0.3 is 5.73 Å². The molecule has 48 heavy (non-hydrogen) atoms. The first-order valence-electron chi connectivity index (χ1n) is 15.2. The summed E-state index contributed by atoms with van der Waals surface area (Å²) >= 11 is 24.5. The van der Waals surface area contributed by atoms with Crippen molar-refractivity contribution in [2.45, 2.75) is 56.8 Å². The van der Waals surface area contributed by atoms with E-state index in [2.05, 4.69) is 54.1 Å². The lowest BCUT2D eigenvalue weighted by molar-refractivity contribution is 0.841. The topological polar surface area (TPSA) is 101 Å². The molecule has 3 N–H and O–H groups in total. The first-order chi connectivity index (χ1) is 23.1. The van der Waals surface area contributed by atoms with E-state index in [1.54, 1.807) is 6.20 Å². The lowest BCUT2D eigenvalue weighted by Gasteiger charge is -2.24. The molecule has 264 valence electrons. The number of rotatable bonds is 9. The normalized spacial score (nSPS) is 12.6. The molecule has 1 aliphatic heterocycles. The number of alkyl halides is 4. The molecule has 1 fully saturated rings. The van der Waals surface area contributed by atoms with Crippen LogP contribution < -0.4 is 5.73 Å². The Labute approximate surface area is 325 Å². The van der Waals surface area contributed by atoms with Crippen molar-refractivity contribution in [3.05, 3.63) is 118 Å². The number of pyridine rings is 4. The highest BCUT2D eigenvalue weighted by atomic mass is 79.9. The summed E-state index contributed by atoms with van der Waals surface area (Å²) in [6.45, 7) is 7.92. The quantitative estimate of drug-likeness (QED) is 0.0744. The monoisotopic (exact) mass is 832 g/mol. The fourth-order valence-corrected chi connectivity index (χ4v) is 5.76. The number of hydrogen-bond donors (Lipinski definition) is 2. The Balaban J connectivity index is 0.000000603. The van der Waals surface area contributed by atoms with Crippen LogP contribution in [0.3, 0.4) is 0 Å². The van der Waals surface area contributed by atoms with Gasteiger partial charge in [0, 0.05) is 94.5 Å². The fraction of sp³-hybridized carbons (Fsp3) is 0.400. The summed E-state index contributed by atoms with van der Waals surface area (Å²) in [6, 6.07) is 16.3. The smallest absolute Gasteiger partial charge is 0.151 e. The zero-order valence-corrected chi connectivity index (χ0v) is 34.3. The van der Waals surface area contributed by atoms with Gasteiger partial charge in [0.15, 0.2) is 5.17 Å². The molecule has 1 atom stereocenters. The molecule has 5 rings (SSSR count). The summed E-state index contributed by atoms with van der Waals surface area (Å²) in [5.74, 6) is 6.05. The van der Waals surface area contributed by atoms with E-state index in [-0.39, 0.29) is 6.59 Å². The Kier molecular flexibility index (Phi) is 26.1. The summed E-state index contributed by atoms with van der Waals surface area (Å²) < 4.78 is 0. The maximum atomic E-state index is 7.01. The highest BCUT2D eigenvalue weighted by molar-refractivity contribution is 9.09. The highest BCUT2D eigenvalue weighted by Gasteiger charge is 2.19. The summed E-state index contributed by atoms with van der Waals surface area (Å²) in [5.41, 5.74) is 14.3. The second-order valence-corrected chi connectivity index (χ2v) is 15.5. The summed E-state index contributed by atoms with van der Waals surface area (Å²) in [6.07, 6.45) is 8.87. The second kappa shape index (κ2) is 28.2. The van der Waals surface area contributed by atoms with Crippen molar-refractivity contribution in [2.75, 3.05) is 28.6 Å². The van der Waals surface area contributed by atoms with Crippen LogP contribution in [0.5, 0.6) is 0 Å². The van der Waals surface area contributed by atoms with Crippen molar-refractivity contribution in [3.63, 3.8) is 0 Å². The molecule has 0 saturated carbocycles. The van der Waals surface area contributed by atoms with Gasteiger partial charge in [0.25, 0.3) is 0 Å². The number of hydrogen-bond acceptors (Lipinski definition) is 8. The molecule has 5 heterocycles. The van der Waals surface area contributed by atoms with Crippen LogP contribution in [-0.4, -0.2) is 53.7 Å². The molecule has 0 spiro atoms. The first kappa shape index (κ1) is 44.5. The maximum Gasteiger partial charge on any atom is 0.151 e. The third-order valence-electron chi connectivity index (χ3n) is 6.03. The molecular formula is C35H48BrCl3N6S3. The van der Waals surface area contributed by atoms with E-state index < -0.39 is 0 Å². The van der Waals surface area contributed by atoms with Crippen molar-refractivity contribution in [2.24, 2.45) is 5.73 Å². The molecule has 13 heteroatoms. The van der Waals surface area contributed by atoms with E-state index in [0.717, 1.165) is 67.6 Å². The standard InChI is InChI=1S/C9H12ClNS.C9H11NS.C8H11N3S.C7H8ClN.C2H4BrCl.H2/c1-8-2-3-9(6-11-8)7-12-5-4-10;1-7-2-3-8(6-10-7)9-4-5-11-9;1-6-2-3-7(4-11-6)5-12-8(9)10;1-6-2-3-7(4-8)5-9-6;3-1-2-4;/h2-3,6H,4-5,7H2,1H3;2-3,6,9H,4-5H2,1H3;2-4H,5H2,1H3,(H3,9,10);2-3,5H,4H2,1H3;1-2H2;1H. The van der Waals surface area contributed by atoms with Crippen LogP contribution in [0.15, 0.2) is 73.3 Å². The Morgan fingerprint density at radius 1 is 0.792 bits per heavy atom. The van der Waals surface area contributed by atoms with Crippen LogP contribution in [0.25, 0.3) is 0 Å². The Bertz CT molecular complexity index is 1390. The van der Waals surface area contributed by atoms with Gasteiger partial charge in [0.05, 0.1) is 0 Å². The lowest BCUT2D eigenvalue weighted by Crippen LogP contribution is -2.06. The number of nitrogens with one attached hydrogen (secondary N) is 1.